The highest BCUT2D eigenvalue weighted by Crippen LogP contribution is 2.22. The molecule has 0 fully saturated rings. The molecule has 3 nitrogen and oxygen atoms in total. The maximum absolute atomic E-state index is 8.96. The van der Waals surface area contributed by atoms with Gasteiger partial charge in [0.2, 0.25) is 0 Å². The van der Waals surface area contributed by atoms with E-state index in [1.807, 2.05) is 13.0 Å². The number of hydrogen-bond acceptors (Lipinski definition) is 4. The Bertz CT molecular complexity index is 507. The summed E-state index contributed by atoms with van der Waals surface area (Å²) in [7, 11) is 0. The molecule has 1 aromatic carbocycles. The Morgan fingerprint density at radius 3 is 2.74 bits per heavy atom. The molecule has 0 aliphatic carbocycles. The SMILES string of the molecule is Cc1ccc(-c2cc(CSCC(C)CO)on2)cc1. The van der Waals surface area contributed by atoms with Gasteiger partial charge in [-0.05, 0) is 18.6 Å². The number of aliphatic hydroxyl groups excluding tert-OH is 1. The fourth-order valence-corrected chi connectivity index (χ4v) is 2.62. The third-order valence-electron chi connectivity index (χ3n) is 2.86. The van der Waals surface area contributed by atoms with Crippen LogP contribution >= 0.6 is 11.8 Å². The molecule has 0 amide bonds. The zero-order valence-corrected chi connectivity index (χ0v) is 12.1. The summed E-state index contributed by atoms with van der Waals surface area (Å²) in [6.07, 6.45) is 0. The fourth-order valence-electron chi connectivity index (χ4n) is 1.65. The number of nitrogens with zero attached hydrogens (tertiary/aromatic N) is 1. The molecular weight excluding hydrogens is 258 g/mol. The quantitative estimate of drug-likeness (QED) is 0.877. The first-order valence-corrected chi connectivity index (χ1v) is 7.55. The van der Waals surface area contributed by atoms with Crippen LogP contribution in [0.1, 0.15) is 18.2 Å². The van der Waals surface area contributed by atoms with Gasteiger partial charge in [0.25, 0.3) is 0 Å². The van der Waals surface area contributed by atoms with Gasteiger partial charge in [0.1, 0.15) is 11.5 Å². The van der Waals surface area contributed by atoms with Crippen LogP contribution < -0.4 is 0 Å². The molecule has 1 aromatic heterocycles. The van der Waals surface area contributed by atoms with Crippen molar-refractivity contribution >= 4 is 11.8 Å². The summed E-state index contributed by atoms with van der Waals surface area (Å²) in [6, 6.07) is 10.2. The third kappa shape index (κ3) is 4.11. The van der Waals surface area contributed by atoms with Gasteiger partial charge >= 0.3 is 0 Å². The van der Waals surface area contributed by atoms with Crippen LogP contribution in [0.4, 0.5) is 0 Å². The summed E-state index contributed by atoms with van der Waals surface area (Å²) in [6.45, 7) is 4.33. The van der Waals surface area contributed by atoms with Crippen LogP contribution in [0, 0.1) is 12.8 Å². The van der Waals surface area contributed by atoms with Crippen LogP contribution in [-0.2, 0) is 5.75 Å². The number of aromatic nitrogens is 1. The van der Waals surface area contributed by atoms with Gasteiger partial charge in [-0.15, -0.1) is 0 Å². The van der Waals surface area contributed by atoms with Crippen molar-refractivity contribution in [2.75, 3.05) is 12.4 Å². The summed E-state index contributed by atoms with van der Waals surface area (Å²) < 4.78 is 5.33. The van der Waals surface area contributed by atoms with Crippen LogP contribution in [0.15, 0.2) is 34.9 Å². The van der Waals surface area contributed by atoms with Crippen molar-refractivity contribution in [3.8, 4) is 11.3 Å². The van der Waals surface area contributed by atoms with Crippen LogP contribution in [0.2, 0.25) is 0 Å². The molecule has 0 bridgehead atoms. The molecule has 2 aromatic rings. The molecule has 0 aliphatic rings. The minimum atomic E-state index is 0.234. The Hall–Kier alpha value is -1.26. The number of aryl methyl sites for hydroxylation is 1. The van der Waals surface area contributed by atoms with Crippen molar-refractivity contribution in [2.45, 2.75) is 19.6 Å². The lowest BCUT2D eigenvalue weighted by atomic mass is 10.1. The second-order valence-electron chi connectivity index (χ2n) is 4.85. The van der Waals surface area contributed by atoms with Crippen molar-refractivity contribution < 1.29 is 9.63 Å². The molecule has 1 atom stereocenters. The van der Waals surface area contributed by atoms with Gasteiger partial charge in [-0.3, -0.25) is 0 Å². The molecule has 2 rings (SSSR count). The Morgan fingerprint density at radius 2 is 2.05 bits per heavy atom. The van der Waals surface area contributed by atoms with E-state index in [9.17, 15) is 0 Å². The standard InChI is InChI=1S/C15H19NO2S/c1-11-3-5-13(6-4-11)15-7-14(18-16-15)10-19-9-12(2)8-17/h3-7,12,17H,8-10H2,1-2H3. The minimum absolute atomic E-state index is 0.234. The van der Waals surface area contributed by atoms with Crippen LogP contribution in [0.3, 0.4) is 0 Å². The van der Waals surface area contributed by atoms with Gasteiger partial charge < -0.3 is 9.63 Å². The Morgan fingerprint density at radius 1 is 1.32 bits per heavy atom. The Labute approximate surface area is 118 Å². The lowest BCUT2D eigenvalue weighted by Crippen LogP contribution is -2.03. The van der Waals surface area contributed by atoms with E-state index in [0.29, 0.717) is 5.92 Å². The minimum Gasteiger partial charge on any atom is -0.396 e. The topological polar surface area (TPSA) is 46.3 Å². The van der Waals surface area contributed by atoms with E-state index in [4.69, 9.17) is 9.63 Å². The second kappa shape index (κ2) is 6.78. The number of hydrogen-bond donors (Lipinski definition) is 1. The highest BCUT2D eigenvalue weighted by atomic mass is 32.2. The molecule has 0 radical (unpaired) electrons. The molecule has 1 heterocycles. The number of rotatable bonds is 6. The monoisotopic (exact) mass is 277 g/mol. The summed E-state index contributed by atoms with van der Waals surface area (Å²) in [4.78, 5) is 0. The molecule has 0 spiro atoms. The molecule has 19 heavy (non-hydrogen) atoms. The van der Waals surface area contributed by atoms with Gasteiger partial charge in [-0.1, -0.05) is 41.9 Å². The second-order valence-corrected chi connectivity index (χ2v) is 5.88. The van der Waals surface area contributed by atoms with E-state index in [0.717, 1.165) is 28.5 Å². The summed E-state index contributed by atoms with van der Waals surface area (Å²) in [5.74, 6) is 2.93. The zero-order chi connectivity index (χ0) is 13.7. The van der Waals surface area contributed by atoms with Crippen molar-refractivity contribution in [3.05, 3.63) is 41.7 Å². The average Bonchev–Trinajstić information content (AvgIpc) is 2.88. The van der Waals surface area contributed by atoms with Gasteiger partial charge in [0.05, 0.1) is 5.75 Å². The highest BCUT2D eigenvalue weighted by Gasteiger charge is 2.07. The first kappa shape index (κ1) is 14.2. The first-order valence-electron chi connectivity index (χ1n) is 6.40. The molecule has 0 saturated heterocycles. The summed E-state index contributed by atoms with van der Waals surface area (Å²) >= 11 is 1.76. The van der Waals surface area contributed by atoms with Crippen molar-refractivity contribution in [2.24, 2.45) is 5.92 Å². The van der Waals surface area contributed by atoms with E-state index < -0.39 is 0 Å². The number of thioether (sulfide) groups is 1. The zero-order valence-electron chi connectivity index (χ0n) is 11.3. The maximum Gasteiger partial charge on any atom is 0.147 e. The van der Waals surface area contributed by atoms with E-state index in [2.05, 4.69) is 36.3 Å². The first-order chi connectivity index (χ1) is 9.19. The van der Waals surface area contributed by atoms with Crippen molar-refractivity contribution in [3.63, 3.8) is 0 Å². The van der Waals surface area contributed by atoms with Gasteiger partial charge in [-0.2, -0.15) is 11.8 Å². The van der Waals surface area contributed by atoms with Crippen LogP contribution in [-0.4, -0.2) is 22.6 Å². The molecule has 102 valence electrons. The van der Waals surface area contributed by atoms with E-state index in [-0.39, 0.29) is 6.61 Å². The van der Waals surface area contributed by atoms with E-state index in [1.165, 1.54) is 5.56 Å². The number of aliphatic hydroxyl groups is 1. The Balaban J connectivity index is 1.93. The Kier molecular flexibility index (Phi) is 5.05. The molecule has 0 saturated carbocycles. The van der Waals surface area contributed by atoms with Crippen molar-refractivity contribution in [1.82, 2.24) is 5.16 Å². The van der Waals surface area contributed by atoms with Crippen LogP contribution in [0.5, 0.6) is 0 Å². The van der Waals surface area contributed by atoms with Gasteiger partial charge in [0, 0.05) is 18.2 Å². The lowest BCUT2D eigenvalue weighted by molar-refractivity contribution is 0.250. The fraction of sp³-hybridized carbons (Fsp3) is 0.400. The maximum atomic E-state index is 8.96. The van der Waals surface area contributed by atoms with Gasteiger partial charge in [0.15, 0.2) is 0 Å². The van der Waals surface area contributed by atoms with Crippen molar-refractivity contribution in [1.29, 1.82) is 0 Å². The van der Waals surface area contributed by atoms with Gasteiger partial charge in [-0.25, -0.2) is 0 Å². The number of benzene rings is 1. The highest BCUT2D eigenvalue weighted by molar-refractivity contribution is 7.98. The summed E-state index contributed by atoms with van der Waals surface area (Å²) in [5, 5.41) is 13.1. The van der Waals surface area contributed by atoms with E-state index >= 15 is 0 Å². The molecular formula is C15H19NO2S. The largest absolute Gasteiger partial charge is 0.396 e. The molecule has 4 heteroatoms. The molecule has 1 unspecified atom stereocenters. The average molecular weight is 277 g/mol. The van der Waals surface area contributed by atoms with Crippen LogP contribution in [0.25, 0.3) is 11.3 Å². The smallest absolute Gasteiger partial charge is 0.147 e. The summed E-state index contributed by atoms with van der Waals surface area (Å²) in [5.41, 5.74) is 3.20. The molecule has 1 N–H and O–H groups in total. The predicted molar refractivity (Wildman–Crippen MR) is 79.1 cm³/mol. The third-order valence-corrected chi connectivity index (χ3v) is 4.16. The van der Waals surface area contributed by atoms with E-state index in [1.54, 1.807) is 11.8 Å². The molecule has 0 aliphatic heterocycles. The predicted octanol–water partition coefficient (Wildman–Crippen LogP) is 3.51. The lowest BCUT2D eigenvalue weighted by Gasteiger charge is -2.04. The normalized spacial score (nSPS) is 12.6.